The second-order valence-corrected chi connectivity index (χ2v) is 11.1. The van der Waals surface area contributed by atoms with E-state index >= 15 is 0 Å². The molecule has 9 atom stereocenters. The van der Waals surface area contributed by atoms with Gasteiger partial charge in [-0.05, 0) is 68.6 Å². The molecule has 0 radical (unpaired) electrons. The van der Waals surface area contributed by atoms with Crippen molar-refractivity contribution in [2.75, 3.05) is 13.2 Å². The van der Waals surface area contributed by atoms with Crippen molar-refractivity contribution < 1.29 is 19.7 Å². The fraction of sp³-hybridized carbons (Fsp3) is 0.913. The number of hydrogen-bond acceptors (Lipinski definition) is 4. The average molecular weight is 375 g/mol. The highest BCUT2D eigenvalue weighted by molar-refractivity contribution is 5.36. The van der Waals surface area contributed by atoms with Gasteiger partial charge in [0.15, 0.2) is 5.79 Å². The summed E-state index contributed by atoms with van der Waals surface area (Å²) in [6.07, 6.45) is 8.21. The first kappa shape index (κ1) is 17.4. The standard InChI is InChI=1S/C23H34O4/c1-20-7-6-13-12-23(13,20)19(25)10-14-15-4-5-17(22(3)26-8-9-27-22)21(15,2)18(24)11-16(14)20/h4,13-14,16-19,24-25H,5-12H2,1-3H3/t13-,14?,16?,17?,18-,19-,20-,21+,23?/m1/s1. The highest BCUT2D eigenvalue weighted by Crippen LogP contribution is 2.81. The lowest BCUT2D eigenvalue weighted by Gasteiger charge is -2.60. The number of aliphatic hydroxyl groups excluding tert-OH is 2. The number of hydrogen-bond donors (Lipinski definition) is 2. The number of ether oxygens (including phenoxy) is 2. The monoisotopic (exact) mass is 374 g/mol. The van der Waals surface area contributed by atoms with E-state index in [2.05, 4.69) is 26.8 Å². The lowest BCUT2D eigenvalue weighted by atomic mass is 9.46. The second-order valence-electron chi connectivity index (χ2n) is 11.1. The zero-order valence-corrected chi connectivity index (χ0v) is 16.9. The topological polar surface area (TPSA) is 58.9 Å². The van der Waals surface area contributed by atoms with Crippen molar-refractivity contribution in [3.05, 3.63) is 11.6 Å². The minimum absolute atomic E-state index is 0.150. The van der Waals surface area contributed by atoms with Crippen LogP contribution >= 0.6 is 0 Å². The Morgan fingerprint density at radius 3 is 2.48 bits per heavy atom. The van der Waals surface area contributed by atoms with Crippen LogP contribution in [0.2, 0.25) is 0 Å². The van der Waals surface area contributed by atoms with Gasteiger partial charge in [0.2, 0.25) is 0 Å². The maximum atomic E-state index is 11.5. The molecule has 0 amide bonds. The summed E-state index contributed by atoms with van der Waals surface area (Å²) in [5.41, 5.74) is 1.44. The van der Waals surface area contributed by atoms with E-state index < -0.39 is 5.79 Å². The van der Waals surface area contributed by atoms with E-state index in [0.29, 0.717) is 25.0 Å². The molecule has 0 aromatic heterocycles. The molecule has 0 bridgehead atoms. The molecule has 5 fully saturated rings. The third-order valence-electron chi connectivity index (χ3n) is 10.6. The Morgan fingerprint density at radius 1 is 1.04 bits per heavy atom. The lowest BCUT2D eigenvalue weighted by Crippen LogP contribution is -2.60. The molecular weight excluding hydrogens is 340 g/mol. The molecule has 4 unspecified atom stereocenters. The summed E-state index contributed by atoms with van der Waals surface area (Å²) in [6.45, 7) is 8.01. The molecule has 1 spiro atoms. The van der Waals surface area contributed by atoms with Gasteiger partial charge < -0.3 is 19.7 Å². The molecule has 1 aliphatic heterocycles. The number of aliphatic hydroxyl groups is 2. The molecule has 150 valence electrons. The van der Waals surface area contributed by atoms with Crippen molar-refractivity contribution in [3.8, 4) is 0 Å². The molecule has 4 nitrogen and oxygen atoms in total. The van der Waals surface area contributed by atoms with Crippen LogP contribution in [0.25, 0.3) is 0 Å². The van der Waals surface area contributed by atoms with Crippen molar-refractivity contribution >= 4 is 0 Å². The van der Waals surface area contributed by atoms with E-state index in [4.69, 9.17) is 9.47 Å². The van der Waals surface area contributed by atoms with Gasteiger partial charge in [-0.15, -0.1) is 0 Å². The average Bonchev–Trinajstić information content (AvgIpc) is 2.88. The van der Waals surface area contributed by atoms with Crippen LogP contribution in [0.1, 0.15) is 59.3 Å². The summed E-state index contributed by atoms with van der Waals surface area (Å²) < 4.78 is 12.1. The Morgan fingerprint density at radius 2 is 1.78 bits per heavy atom. The minimum atomic E-state index is -0.603. The first-order valence-corrected chi connectivity index (χ1v) is 11.1. The first-order valence-electron chi connectivity index (χ1n) is 11.1. The fourth-order valence-electron chi connectivity index (χ4n) is 9.12. The summed E-state index contributed by atoms with van der Waals surface area (Å²) in [5.74, 6) is 1.18. The van der Waals surface area contributed by atoms with Gasteiger partial charge in [0, 0.05) is 16.7 Å². The Balaban J connectivity index is 1.40. The molecule has 0 aromatic carbocycles. The van der Waals surface area contributed by atoms with Crippen LogP contribution in [0.4, 0.5) is 0 Å². The van der Waals surface area contributed by atoms with E-state index in [1.165, 1.54) is 24.8 Å². The Kier molecular flexibility index (Phi) is 3.23. The lowest BCUT2D eigenvalue weighted by molar-refractivity contribution is -0.223. The highest BCUT2D eigenvalue weighted by atomic mass is 16.7. The van der Waals surface area contributed by atoms with E-state index in [0.717, 1.165) is 25.2 Å². The zero-order chi connectivity index (χ0) is 18.8. The smallest absolute Gasteiger partial charge is 0.169 e. The molecule has 2 N–H and O–H groups in total. The molecule has 1 saturated heterocycles. The number of rotatable bonds is 1. The molecule has 4 heteroatoms. The zero-order valence-electron chi connectivity index (χ0n) is 16.9. The molecule has 4 saturated carbocycles. The Bertz CT molecular complexity index is 711. The van der Waals surface area contributed by atoms with Crippen molar-refractivity contribution in [2.45, 2.75) is 77.3 Å². The summed E-state index contributed by atoms with van der Waals surface area (Å²) in [5, 5.41) is 22.7. The van der Waals surface area contributed by atoms with E-state index in [9.17, 15) is 10.2 Å². The Labute approximate surface area is 162 Å². The largest absolute Gasteiger partial charge is 0.392 e. The normalized spacial score (nSPS) is 60.3. The summed E-state index contributed by atoms with van der Waals surface area (Å²) >= 11 is 0. The van der Waals surface area contributed by atoms with Crippen molar-refractivity contribution in [1.29, 1.82) is 0 Å². The molecule has 0 aromatic rings. The van der Waals surface area contributed by atoms with Crippen LogP contribution in [-0.2, 0) is 9.47 Å². The van der Waals surface area contributed by atoms with Gasteiger partial charge in [0.1, 0.15) is 0 Å². The minimum Gasteiger partial charge on any atom is -0.392 e. The molecule has 27 heavy (non-hydrogen) atoms. The van der Waals surface area contributed by atoms with E-state index in [1.54, 1.807) is 0 Å². The maximum Gasteiger partial charge on any atom is 0.169 e. The summed E-state index contributed by atoms with van der Waals surface area (Å²) in [4.78, 5) is 0. The van der Waals surface area contributed by atoms with Crippen molar-refractivity contribution in [3.63, 3.8) is 0 Å². The molecular formula is C23H34O4. The molecule has 6 aliphatic rings. The van der Waals surface area contributed by atoms with E-state index in [-0.39, 0.29) is 34.4 Å². The maximum absolute atomic E-state index is 11.5. The SMILES string of the molecule is CC1(C2CC=C3C4C[C@@H](O)C56C[C@H]5CC[C@]6(C)C4C[C@@H](O)[C@@]32C)OCCO1. The van der Waals surface area contributed by atoms with Gasteiger partial charge >= 0.3 is 0 Å². The van der Waals surface area contributed by atoms with E-state index in [1.807, 2.05) is 0 Å². The van der Waals surface area contributed by atoms with Gasteiger partial charge in [-0.1, -0.05) is 25.5 Å². The van der Waals surface area contributed by atoms with Crippen LogP contribution in [0.15, 0.2) is 11.6 Å². The third-order valence-corrected chi connectivity index (χ3v) is 10.6. The fourth-order valence-corrected chi connectivity index (χ4v) is 9.12. The van der Waals surface area contributed by atoms with Crippen molar-refractivity contribution in [2.24, 2.45) is 39.9 Å². The second kappa shape index (κ2) is 5.00. The first-order chi connectivity index (χ1) is 12.8. The summed E-state index contributed by atoms with van der Waals surface area (Å²) in [6, 6.07) is 0. The van der Waals surface area contributed by atoms with Gasteiger partial charge in [-0.3, -0.25) is 0 Å². The predicted molar refractivity (Wildman–Crippen MR) is 101 cm³/mol. The summed E-state index contributed by atoms with van der Waals surface area (Å²) in [7, 11) is 0. The molecule has 5 aliphatic carbocycles. The van der Waals surface area contributed by atoms with Gasteiger partial charge in [0.25, 0.3) is 0 Å². The van der Waals surface area contributed by atoms with Crippen LogP contribution in [0.3, 0.4) is 0 Å². The highest BCUT2D eigenvalue weighted by Gasteiger charge is 2.77. The van der Waals surface area contributed by atoms with Gasteiger partial charge in [0.05, 0.1) is 25.4 Å². The molecule has 6 rings (SSSR count). The van der Waals surface area contributed by atoms with Gasteiger partial charge in [-0.25, -0.2) is 0 Å². The van der Waals surface area contributed by atoms with Gasteiger partial charge in [-0.2, -0.15) is 0 Å². The van der Waals surface area contributed by atoms with Crippen LogP contribution in [0, 0.1) is 39.9 Å². The Hall–Kier alpha value is -0.420. The van der Waals surface area contributed by atoms with Crippen LogP contribution in [-0.4, -0.2) is 41.4 Å². The van der Waals surface area contributed by atoms with Crippen molar-refractivity contribution in [1.82, 2.24) is 0 Å². The third kappa shape index (κ3) is 1.77. The van der Waals surface area contributed by atoms with Crippen LogP contribution in [0.5, 0.6) is 0 Å². The predicted octanol–water partition coefficient (Wildman–Crippen LogP) is 3.27. The molecule has 1 heterocycles. The van der Waals surface area contributed by atoms with Crippen LogP contribution < -0.4 is 0 Å². The quantitative estimate of drug-likeness (QED) is 0.692. The number of allylic oxidation sites excluding steroid dienone is 1. The number of fused-ring (bicyclic) bond motifs is 4.